The quantitative estimate of drug-likeness (QED) is 0.809. The molecular weight excluding hydrogens is 276 g/mol. The summed E-state index contributed by atoms with van der Waals surface area (Å²) >= 11 is 0. The largest absolute Gasteiger partial charge is 0.494 e. The molecule has 1 aliphatic heterocycles. The first-order chi connectivity index (χ1) is 10.6. The summed E-state index contributed by atoms with van der Waals surface area (Å²) in [5.41, 5.74) is 1.22. The third kappa shape index (κ3) is 4.24. The molecule has 2 rings (SSSR count). The van der Waals surface area contributed by atoms with Crippen molar-refractivity contribution >= 4 is 5.91 Å². The van der Waals surface area contributed by atoms with Crippen molar-refractivity contribution in [1.82, 2.24) is 4.90 Å². The first kappa shape index (κ1) is 16.4. The molecule has 1 unspecified atom stereocenters. The zero-order valence-electron chi connectivity index (χ0n) is 13.4. The number of carbonyl (C=O) groups excluding carboxylic acids is 1. The van der Waals surface area contributed by atoms with Gasteiger partial charge in [-0.05, 0) is 36.5 Å². The summed E-state index contributed by atoms with van der Waals surface area (Å²) in [6, 6.07) is 10.1. The van der Waals surface area contributed by atoms with Crippen molar-refractivity contribution in [3.63, 3.8) is 0 Å². The first-order valence-corrected chi connectivity index (χ1v) is 8.03. The normalized spacial score (nSPS) is 15.6. The van der Waals surface area contributed by atoms with Crippen LogP contribution in [0.5, 0.6) is 5.75 Å². The lowest BCUT2D eigenvalue weighted by Crippen LogP contribution is -2.33. The van der Waals surface area contributed by atoms with Crippen LogP contribution in [0.25, 0.3) is 0 Å². The summed E-state index contributed by atoms with van der Waals surface area (Å²) in [6.07, 6.45) is 2.53. The van der Waals surface area contributed by atoms with E-state index in [-0.39, 0.29) is 5.91 Å². The molecule has 1 fully saturated rings. The maximum absolute atomic E-state index is 12.2. The molecule has 0 aliphatic carbocycles. The second kappa shape index (κ2) is 7.84. The standard InChI is InChI=1S/C18H24N2O2/c1-14(2)15-6-5-7-17(12-15)22-11-8-16(13-19)18(21)20-9-3-4-10-20/h5-7,12,14,16H,3-4,8-11H2,1-2H3. The number of hydrogen-bond donors (Lipinski definition) is 0. The van der Waals surface area contributed by atoms with Crippen molar-refractivity contribution in [3.8, 4) is 11.8 Å². The highest BCUT2D eigenvalue weighted by Crippen LogP contribution is 2.21. The minimum Gasteiger partial charge on any atom is -0.494 e. The van der Waals surface area contributed by atoms with Crippen LogP contribution in [0.2, 0.25) is 0 Å². The van der Waals surface area contributed by atoms with E-state index in [1.54, 1.807) is 4.90 Å². The lowest BCUT2D eigenvalue weighted by atomic mass is 10.0. The van der Waals surface area contributed by atoms with E-state index in [0.29, 0.717) is 18.9 Å². The summed E-state index contributed by atoms with van der Waals surface area (Å²) in [6.45, 7) is 6.24. The van der Waals surface area contributed by atoms with Gasteiger partial charge in [0.1, 0.15) is 11.7 Å². The Morgan fingerprint density at radius 1 is 1.36 bits per heavy atom. The molecule has 0 spiro atoms. The minimum absolute atomic E-state index is 0.0421. The molecule has 118 valence electrons. The van der Waals surface area contributed by atoms with Crippen LogP contribution in [-0.4, -0.2) is 30.5 Å². The first-order valence-electron chi connectivity index (χ1n) is 8.03. The van der Waals surface area contributed by atoms with Crippen molar-refractivity contribution < 1.29 is 9.53 Å². The molecule has 1 aliphatic rings. The topological polar surface area (TPSA) is 53.3 Å². The van der Waals surface area contributed by atoms with Crippen molar-refractivity contribution in [1.29, 1.82) is 5.26 Å². The third-order valence-corrected chi connectivity index (χ3v) is 4.07. The summed E-state index contributed by atoms with van der Waals surface area (Å²) in [4.78, 5) is 14.0. The fourth-order valence-corrected chi connectivity index (χ4v) is 2.66. The van der Waals surface area contributed by atoms with Gasteiger partial charge in [0.15, 0.2) is 0 Å². The van der Waals surface area contributed by atoms with Gasteiger partial charge >= 0.3 is 0 Å². The second-order valence-corrected chi connectivity index (χ2v) is 6.08. The van der Waals surface area contributed by atoms with Crippen LogP contribution < -0.4 is 4.74 Å². The van der Waals surface area contributed by atoms with Crippen LogP contribution >= 0.6 is 0 Å². The van der Waals surface area contributed by atoms with E-state index in [4.69, 9.17) is 4.74 Å². The number of carbonyl (C=O) groups is 1. The Balaban J connectivity index is 1.85. The van der Waals surface area contributed by atoms with Gasteiger partial charge < -0.3 is 9.64 Å². The third-order valence-electron chi connectivity index (χ3n) is 4.07. The highest BCUT2D eigenvalue weighted by atomic mass is 16.5. The number of nitriles is 1. The summed E-state index contributed by atoms with van der Waals surface area (Å²) in [7, 11) is 0. The van der Waals surface area contributed by atoms with E-state index in [2.05, 4.69) is 26.0 Å². The summed E-state index contributed by atoms with van der Waals surface area (Å²) in [5.74, 6) is 0.620. The SMILES string of the molecule is CC(C)c1cccc(OCCC(C#N)C(=O)N2CCCC2)c1. The lowest BCUT2D eigenvalue weighted by molar-refractivity contribution is -0.133. The molecule has 4 heteroatoms. The fraction of sp³-hybridized carbons (Fsp3) is 0.556. The van der Waals surface area contributed by atoms with Crippen LogP contribution in [-0.2, 0) is 4.79 Å². The maximum atomic E-state index is 12.2. The van der Waals surface area contributed by atoms with Gasteiger partial charge in [-0.25, -0.2) is 0 Å². The van der Waals surface area contributed by atoms with Crippen molar-refractivity contribution in [2.75, 3.05) is 19.7 Å². The maximum Gasteiger partial charge on any atom is 0.240 e. The molecule has 0 N–H and O–H groups in total. The van der Waals surface area contributed by atoms with E-state index in [9.17, 15) is 10.1 Å². The molecule has 1 aromatic rings. The van der Waals surface area contributed by atoms with Crippen LogP contribution in [0.4, 0.5) is 0 Å². The highest BCUT2D eigenvalue weighted by molar-refractivity contribution is 5.81. The Morgan fingerprint density at radius 3 is 2.73 bits per heavy atom. The van der Waals surface area contributed by atoms with Gasteiger partial charge in [-0.15, -0.1) is 0 Å². The molecule has 1 saturated heterocycles. The smallest absolute Gasteiger partial charge is 0.240 e. The van der Waals surface area contributed by atoms with E-state index in [1.165, 1.54) is 5.56 Å². The zero-order chi connectivity index (χ0) is 15.9. The monoisotopic (exact) mass is 300 g/mol. The highest BCUT2D eigenvalue weighted by Gasteiger charge is 2.26. The average molecular weight is 300 g/mol. The summed E-state index contributed by atoms with van der Waals surface area (Å²) in [5, 5.41) is 9.22. The molecule has 22 heavy (non-hydrogen) atoms. The second-order valence-electron chi connectivity index (χ2n) is 6.08. The van der Waals surface area contributed by atoms with Gasteiger partial charge in [0.2, 0.25) is 5.91 Å². The molecule has 1 aromatic carbocycles. The van der Waals surface area contributed by atoms with Crippen LogP contribution in [0.15, 0.2) is 24.3 Å². The van der Waals surface area contributed by atoms with Crippen molar-refractivity contribution in [3.05, 3.63) is 29.8 Å². The molecule has 0 aromatic heterocycles. The van der Waals surface area contributed by atoms with Gasteiger partial charge in [-0.1, -0.05) is 26.0 Å². The number of ether oxygens (including phenoxy) is 1. The van der Waals surface area contributed by atoms with Crippen LogP contribution in [0.3, 0.4) is 0 Å². The van der Waals surface area contributed by atoms with Gasteiger partial charge in [-0.3, -0.25) is 4.79 Å². The van der Waals surface area contributed by atoms with E-state index < -0.39 is 5.92 Å². The molecule has 4 nitrogen and oxygen atoms in total. The van der Waals surface area contributed by atoms with Crippen molar-refractivity contribution in [2.45, 2.75) is 39.0 Å². The fourth-order valence-electron chi connectivity index (χ4n) is 2.66. The van der Waals surface area contributed by atoms with E-state index in [1.807, 2.05) is 18.2 Å². The predicted octanol–water partition coefficient (Wildman–Crippen LogP) is 3.34. The Bertz CT molecular complexity index is 542. The zero-order valence-corrected chi connectivity index (χ0v) is 13.4. The van der Waals surface area contributed by atoms with Crippen molar-refractivity contribution in [2.24, 2.45) is 5.92 Å². The predicted molar refractivity (Wildman–Crippen MR) is 85.6 cm³/mol. The van der Waals surface area contributed by atoms with Crippen LogP contribution in [0.1, 0.15) is 44.6 Å². The molecular formula is C18H24N2O2. The lowest BCUT2D eigenvalue weighted by Gasteiger charge is -2.18. The molecule has 1 heterocycles. The van der Waals surface area contributed by atoms with Gasteiger partial charge in [0.05, 0.1) is 12.7 Å². The Morgan fingerprint density at radius 2 is 2.09 bits per heavy atom. The average Bonchev–Trinajstić information content (AvgIpc) is 3.05. The number of benzene rings is 1. The Hall–Kier alpha value is -2.02. The van der Waals surface area contributed by atoms with Gasteiger partial charge in [0, 0.05) is 19.5 Å². The number of amides is 1. The van der Waals surface area contributed by atoms with Gasteiger partial charge in [-0.2, -0.15) is 5.26 Å². The molecule has 1 atom stereocenters. The molecule has 0 radical (unpaired) electrons. The van der Waals surface area contributed by atoms with Crippen LogP contribution in [0, 0.1) is 17.2 Å². The number of nitrogens with zero attached hydrogens (tertiary/aromatic N) is 2. The van der Waals surface area contributed by atoms with E-state index >= 15 is 0 Å². The molecule has 1 amide bonds. The minimum atomic E-state index is -0.591. The number of rotatable bonds is 6. The molecule has 0 bridgehead atoms. The molecule has 0 saturated carbocycles. The number of likely N-dealkylation sites (tertiary alicyclic amines) is 1. The van der Waals surface area contributed by atoms with Gasteiger partial charge in [0.25, 0.3) is 0 Å². The van der Waals surface area contributed by atoms with E-state index in [0.717, 1.165) is 31.7 Å². The Labute approximate surface area is 132 Å². The summed E-state index contributed by atoms with van der Waals surface area (Å²) < 4.78 is 5.72. The Kier molecular flexibility index (Phi) is 5.83. The number of hydrogen-bond acceptors (Lipinski definition) is 3.